The van der Waals surface area contributed by atoms with Crippen molar-refractivity contribution >= 4 is 29.1 Å². The summed E-state index contributed by atoms with van der Waals surface area (Å²) in [6.45, 7) is 0. The molecular weight excluding hydrogens is 398 g/mol. The molecule has 1 aliphatic carbocycles. The summed E-state index contributed by atoms with van der Waals surface area (Å²) in [6, 6.07) is 19.0. The Morgan fingerprint density at radius 2 is 1.52 bits per heavy atom. The van der Waals surface area contributed by atoms with Crippen LogP contribution in [0.2, 0.25) is 0 Å². The number of Topliss-reactive ketones (excluding diaryl/α,β-unsaturated/α-hetero) is 3. The van der Waals surface area contributed by atoms with Gasteiger partial charge in [0.25, 0.3) is 0 Å². The molecule has 3 aromatic rings. The highest BCUT2D eigenvalue weighted by molar-refractivity contribution is 6.39. The molecule has 31 heavy (non-hydrogen) atoms. The maximum atomic E-state index is 13.0. The first-order chi connectivity index (χ1) is 15.0. The fourth-order valence-electron chi connectivity index (χ4n) is 3.44. The molecule has 1 N–H and O–H groups in total. The lowest BCUT2D eigenvalue weighted by Gasteiger charge is -2.10. The van der Waals surface area contributed by atoms with E-state index in [2.05, 4.69) is 5.32 Å². The van der Waals surface area contributed by atoms with E-state index in [0.717, 1.165) is 0 Å². The van der Waals surface area contributed by atoms with E-state index >= 15 is 0 Å². The highest BCUT2D eigenvalue weighted by Crippen LogP contribution is 2.34. The Morgan fingerprint density at radius 3 is 2.19 bits per heavy atom. The van der Waals surface area contributed by atoms with Gasteiger partial charge in [-0.25, -0.2) is 4.79 Å². The molecule has 7 nitrogen and oxygen atoms in total. The number of amides is 1. The highest BCUT2D eigenvalue weighted by atomic mass is 16.6. The van der Waals surface area contributed by atoms with Gasteiger partial charge in [-0.3, -0.25) is 19.7 Å². The van der Waals surface area contributed by atoms with E-state index in [1.807, 2.05) is 0 Å². The van der Waals surface area contributed by atoms with Gasteiger partial charge in [0.05, 0.1) is 18.4 Å². The number of para-hydroxylation sites is 1. The summed E-state index contributed by atoms with van der Waals surface area (Å²) >= 11 is 0. The highest BCUT2D eigenvalue weighted by Gasteiger charge is 2.45. The zero-order valence-corrected chi connectivity index (χ0v) is 16.5. The van der Waals surface area contributed by atoms with Crippen LogP contribution >= 0.6 is 0 Å². The molecule has 0 saturated heterocycles. The third-order valence-electron chi connectivity index (χ3n) is 4.93. The van der Waals surface area contributed by atoms with Gasteiger partial charge in [-0.05, 0) is 42.5 Å². The molecular formula is C24H17NO6. The van der Waals surface area contributed by atoms with Crippen LogP contribution in [-0.4, -0.2) is 30.6 Å². The summed E-state index contributed by atoms with van der Waals surface area (Å²) in [5.74, 6) is -2.48. The number of anilines is 1. The van der Waals surface area contributed by atoms with Crippen molar-refractivity contribution < 1.29 is 28.7 Å². The minimum absolute atomic E-state index is 0.00405. The standard InChI is InChI=1S/C24H17NO6/c1-30-15-12-10-14(11-13-15)21(26)20-22(27)17-8-5-9-18(19(17)23(20)28)25-24(29)31-16-6-3-2-4-7-16/h2-13,20H,1H3,(H,25,29). The van der Waals surface area contributed by atoms with Crippen molar-refractivity contribution in [2.75, 3.05) is 12.4 Å². The Bertz CT molecular complexity index is 1180. The Kier molecular flexibility index (Phi) is 5.32. The lowest BCUT2D eigenvalue weighted by Crippen LogP contribution is -2.26. The zero-order chi connectivity index (χ0) is 22.0. The molecule has 4 rings (SSSR count). The largest absolute Gasteiger partial charge is 0.497 e. The Labute approximate surface area is 177 Å². The molecule has 154 valence electrons. The summed E-state index contributed by atoms with van der Waals surface area (Å²) in [7, 11) is 1.49. The third-order valence-corrected chi connectivity index (χ3v) is 4.93. The zero-order valence-electron chi connectivity index (χ0n) is 16.5. The van der Waals surface area contributed by atoms with Crippen LogP contribution in [0.25, 0.3) is 0 Å². The number of rotatable bonds is 5. The van der Waals surface area contributed by atoms with E-state index in [-0.39, 0.29) is 22.4 Å². The summed E-state index contributed by atoms with van der Waals surface area (Å²) in [5.41, 5.74) is 0.430. The van der Waals surface area contributed by atoms with E-state index in [9.17, 15) is 19.2 Å². The van der Waals surface area contributed by atoms with Gasteiger partial charge in [0.2, 0.25) is 0 Å². The number of hydrogen-bond acceptors (Lipinski definition) is 6. The Morgan fingerprint density at radius 1 is 0.806 bits per heavy atom. The van der Waals surface area contributed by atoms with Crippen molar-refractivity contribution in [2.45, 2.75) is 0 Å². The van der Waals surface area contributed by atoms with Crippen LogP contribution in [0, 0.1) is 5.92 Å². The van der Waals surface area contributed by atoms with Gasteiger partial charge < -0.3 is 9.47 Å². The summed E-state index contributed by atoms with van der Waals surface area (Å²) in [5, 5.41) is 2.49. The predicted octanol–water partition coefficient (Wildman–Crippen LogP) is 4.18. The number of benzene rings is 3. The molecule has 1 amide bonds. The monoisotopic (exact) mass is 415 g/mol. The predicted molar refractivity (Wildman–Crippen MR) is 112 cm³/mol. The van der Waals surface area contributed by atoms with Gasteiger partial charge >= 0.3 is 6.09 Å². The minimum Gasteiger partial charge on any atom is -0.497 e. The fourth-order valence-corrected chi connectivity index (χ4v) is 3.44. The van der Waals surface area contributed by atoms with Crippen molar-refractivity contribution in [1.82, 2.24) is 0 Å². The maximum Gasteiger partial charge on any atom is 0.417 e. The summed E-state index contributed by atoms with van der Waals surface area (Å²) in [6.07, 6.45) is -0.815. The molecule has 1 unspecified atom stereocenters. The molecule has 3 aromatic carbocycles. The van der Waals surface area contributed by atoms with Crippen molar-refractivity contribution in [3.05, 3.63) is 89.5 Å². The molecule has 0 fully saturated rings. The number of nitrogens with one attached hydrogen (secondary N) is 1. The second kappa shape index (κ2) is 8.23. The van der Waals surface area contributed by atoms with E-state index < -0.39 is 29.4 Å². The molecule has 0 spiro atoms. The number of carbonyl (C=O) groups excluding carboxylic acids is 4. The average Bonchev–Trinajstić information content (AvgIpc) is 3.05. The number of carbonyl (C=O) groups is 4. The minimum atomic E-state index is -1.49. The SMILES string of the molecule is COc1ccc(C(=O)C2C(=O)c3cccc(NC(=O)Oc4ccccc4)c3C2=O)cc1. The van der Waals surface area contributed by atoms with E-state index in [1.54, 1.807) is 42.5 Å². The maximum absolute atomic E-state index is 13.0. The Hall–Kier alpha value is -4.26. The smallest absolute Gasteiger partial charge is 0.417 e. The second-order valence-electron chi connectivity index (χ2n) is 6.81. The summed E-state index contributed by atoms with van der Waals surface area (Å²) in [4.78, 5) is 51.1. The first-order valence-electron chi connectivity index (χ1n) is 9.43. The van der Waals surface area contributed by atoms with Crippen LogP contribution in [0.15, 0.2) is 72.8 Å². The molecule has 0 aromatic heterocycles. The van der Waals surface area contributed by atoms with Crippen LogP contribution in [0.3, 0.4) is 0 Å². The normalized spacial score (nSPS) is 14.7. The van der Waals surface area contributed by atoms with Gasteiger partial charge in [0, 0.05) is 11.1 Å². The fraction of sp³-hybridized carbons (Fsp3) is 0.0833. The van der Waals surface area contributed by atoms with Gasteiger partial charge in [-0.2, -0.15) is 0 Å². The quantitative estimate of drug-likeness (QED) is 0.496. The third kappa shape index (κ3) is 3.81. The van der Waals surface area contributed by atoms with Crippen LogP contribution in [0.5, 0.6) is 11.5 Å². The van der Waals surface area contributed by atoms with Gasteiger partial charge in [-0.15, -0.1) is 0 Å². The van der Waals surface area contributed by atoms with Crippen LogP contribution in [-0.2, 0) is 0 Å². The average molecular weight is 415 g/mol. The van der Waals surface area contributed by atoms with Gasteiger partial charge in [0.1, 0.15) is 17.4 Å². The molecule has 1 aliphatic rings. The Balaban J connectivity index is 1.59. The molecule has 0 radical (unpaired) electrons. The molecule has 1 atom stereocenters. The molecule has 0 heterocycles. The van der Waals surface area contributed by atoms with Crippen molar-refractivity contribution in [1.29, 1.82) is 0 Å². The van der Waals surface area contributed by atoms with E-state index in [1.165, 1.54) is 37.4 Å². The lowest BCUT2D eigenvalue weighted by atomic mass is 9.93. The van der Waals surface area contributed by atoms with Crippen molar-refractivity contribution in [3.8, 4) is 11.5 Å². The van der Waals surface area contributed by atoms with Crippen LogP contribution < -0.4 is 14.8 Å². The van der Waals surface area contributed by atoms with Crippen molar-refractivity contribution in [3.63, 3.8) is 0 Å². The molecule has 0 aliphatic heterocycles. The number of fused-ring (bicyclic) bond motifs is 1. The first-order valence-corrected chi connectivity index (χ1v) is 9.43. The number of methoxy groups -OCH3 is 1. The molecule has 7 heteroatoms. The molecule has 0 saturated carbocycles. The van der Waals surface area contributed by atoms with Crippen LogP contribution in [0.4, 0.5) is 10.5 Å². The number of ketones is 3. The number of ether oxygens (including phenoxy) is 2. The van der Waals surface area contributed by atoms with E-state index in [4.69, 9.17) is 9.47 Å². The number of hydrogen-bond donors (Lipinski definition) is 1. The van der Waals surface area contributed by atoms with Crippen molar-refractivity contribution in [2.24, 2.45) is 5.92 Å². The summed E-state index contributed by atoms with van der Waals surface area (Å²) < 4.78 is 10.2. The van der Waals surface area contributed by atoms with E-state index in [0.29, 0.717) is 11.5 Å². The lowest BCUT2D eigenvalue weighted by molar-refractivity contribution is 0.0756. The van der Waals surface area contributed by atoms with Gasteiger partial charge in [0.15, 0.2) is 17.3 Å². The van der Waals surface area contributed by atoms with Crippen LogP contribution in [0.1, 0.15) is 31.1 Å². The first kappa shape index (κ1) is 20.0. The topological polar surface area (TPSA) is 98.8 Å². The van der Waals surface area contributed by atoms with Gasteiger partial charge in [-0.1, -0.05) is 30.3 Å². The second-order valence-corrected chi connectivity index (χ2v) is 6.81. The molecule has 0 bridgehead atoms.